The molecule has 0 aromatic carbocycles. The third kappa shape index (κ3) is 3.01. The number of nitrogens with zero attached hydrogens (tertiary/aromatic N) is 4. The molecule has 3 rings (SSSR count). The van der Waals surface area contributed by atoms with Gasteiger partial charge in [0.25, 0.3) is 0 Å². The third-order valence-electron chi connectivity index (χ3n) is 4.28. The first-order chi connectivity index (χ1) is 10.2. The predicted octanol–water partition coefficient (Wildman–Crippen LogP) is 1.39. The zero-order valence-corrected chi connectivity index (χ0v) is 12.6. The van der Waals surface area contributed by atoms with Gasteiger partial charge < -0.3 is 5.11 Å². The molecular weight excluding hydrogens is 266 g/mol. The summed E-state index contributed by atoms with van der Waals surface area (Å²) < 4.78 is 1.99. The minimum Gasteiger partial charge on any atom is -0.396 e. The lowest BCUT2D eigenvalue weighted by Crippen LogP contribution is -2.21. The number of hydrogen-bond donors (Lipinski definition) is 2. The minimum atomic E-state index is 0.219. The number of rotatable bonds is 5. The standard InChI is InChI=1S/C15H23N5O/c1-11(2)20-7-12(5-17-20)15-9-19(6-13(15)10-21)8-14-3-4-16-18-14/h3-5,7,11,13,15,21H,6,8-10H2,1-2H3,(H,16,18)/t13-,15-/m0/s1. The molecule has 114 valence electrons. The zero-order chi connectivity index (χ0) is 14.8. The van der Waals surface area contributed by atoms with Crippen molar-refractivity contribution in [1.29, 1.82) is 0 Å². The molecule has 2 N–H and O–H groups in total. The second-order valence-corrected chi connectivity index (χ2v) is 6.17. The van der Waals surface area contributed by atoms with Gasteiger partial charge in [0.1, 0.15) is 0 Å². The molecule has 0 radical (unpaired) electrons. The Morgan fingerprint density at radius 3 is 2.90 bits per heavy atom. The average Bonchev–Trinajstić information content (AvgIpc) is 3.18. The van der Waals surface area contributed by atoms with Crippen molar-refractivity contribution in [3.05, 3.63) is 35.9 Å². The van der Waals surface area contributed by atoms with E-state index >= 15 is 0 Å². The molecule has 2 aromatic heterocycles. The maximum absolute atomic E-state index is 9.68. The van der Waals surface area contributed by atoms with Crippen molar-refractivity contribution in [3.8, 4) is 0 Å². The van der Waals surface area contributed by atoms with E-state index in [0.29, 0.717) is 12.0 Å². The van der Waals surface area contributed by atoms with Crippen molar-refractivity contribution in [2.45, 2.75) is 32.4 Å². The van der Waals surface area contributed by atoms with E-state index in [9.17, 15) is 5.11 Å². The lowest BCUT2D eigenvalue weighted by molar-refractivity contribution is 0.213. The molecule has 0 aliphatic carbocycles. The van der Waals surface area contributed by atoms with Crippen LogP contribution in [0.25, 0.3) is 0 Å². The number of hydrogen-bond acceptors (Lipinski definition) is 4. The maximum Gasteiger partial charge on any atom is 0.0525 e. The molecule has 1 aliphatic rings. The van der Waals surface area contributed by atoms with Gasteiger partial charge in [-0.15, -0.1) is 0 Å². The molecule has 0 spiro atoms. The number of aliphatic hydroxyl groups excluding tert-OH is 1. The predicted molar refractivity (Wildman–Crippen MR) is 79.8 cm³/mol. The Bertz CT molecular complexity index is 562. The van der Waals surface area contributed by atoms with Crippen molar-refractivity contribution >= 4 is 0 Å². The van der Waals surface area contributed by atoms with Crippen LogP contribution in [0.3, 0.4) is 0 Å². The van der Waals surface area contributed by atoms with Crippen molar-refractivity contribution in [1.82, 2.24) is 24.9 Å². The van der Waals surface area contributed by atoms with Gasteiger partial charge in [-0.2, -0.15) is 10.2 Å². The summed E-state index contributed by atoms with van der Waals surface area (Å²) in [7, 11) is 0. The third-order valence-corrected chi connectivity index (χ3v) is 4.28. The van der Waals surface area contributed by atoms with Crippen LogP contribution in [-0.2, 0) is 6.54 Å². The van der Waals surface area contributed by atoms with Gasteiger partial charge in [-0.05, 0) is 25.5 Å². The van der Waals surface area contributed by atoms with Gasteiger partial charge in [-0.1, -0.05) is 0 Å². The molecule has 0 bridgehead atoms. The topological polar surface area (TPSA) is 70.0 Å². The van der Waals surface area contributed by atoms with Crippen LogP contribution in [0.15, 0.2) is 24.7 Å². The fourth-order valence-electron chi connectivity index (χ4n) is 3.09. The van der Waals surface area contributed by atoms with Gasteiger partial charge in [0.15, 0.2) is 0 Å². The Balaban J connectivity index is 1.71. The molecule has 6 heteroatoms. The van der Waals surface area contributed by atoms with Gasteiger partial charge in [0.2, 0.25) is 0 Å². The van der Waals surface area contributed by atoms with Gasteiger partial charge in [0, 0.05) is 62.2 Å². The number of aliphatic hydroxyl groups is 1. The van der Waals surface area contributed by atoms with Crippen molar-refractivity contribution in [2.24, 2.45) is 5.92 Å². The van der Waals surface area contributed by atoms with Crippen LogP contribution in [0.5, 0.6) is 0 Å². The minimum absolute atomic E-state index is 0.219. The summed E-state index contributed by atoms with van der Waals surface area (Å²) in [6, 6.07) is 2.37. The Kier molecular flexibility index (Phi) is 4.07. The van der Waals surface area contributed by atoms with E-state index in [0.717, 1.165) is 25.3 Å². The molecule has 0 saturated carbocycles. The van der Waals surface area contributed by atoms with Gasteiger partial charge in [-0.25, -0.2) is 0 Å². The Morgan fingerprint density at radius 1 is 1.43 bits per heavy atom. The van der Waals surface area contributed by atoms with Crippen molar-refractivity contribution in [2.75, 3.05) is 19.7 Å². The number of aromatic nitrogens is 4. The quantitative estimate of drug-likeness (QED) is 0.873. The first-order valence-corrected chi connectivity index (χ1v) is 7.53. The Hall–Kier alpha value is -1.66. The first kappa shape index (κ1) is 14.3. The summed E-state index contributed by atoms with van der Waals surface area (Å²) >= 11 is 0. The van der Waals surface area contributed by atoms with Crippen molar-refractivity contribution in [3.63, 3.8) is 0 Å². The molecule has 1 saturated heterocycles. The lowest BCUT2D eigenvalue weighted by Gasteiger charge is -2.14. The van der Waals surface area contributed by atoms with Crippen LogP contribution in [0.1, 0.15) is 37.1 Å². The van der Waals surface area contributed by atoms with Crippen LogP contribution >= 0.6 is 0 Å². The van der Waals surface area contributed by atoms with Crippen LogP contribution in [-0.4, -0.2) is 49.7 Å². The molecule has 1 fully saturated rings. The highest BCUT2D eigenvalue weighted by atomic mass is 16.3. The van der Waals surface area contributed by atoms with E-state index in [1.165, 1.54) is 5.56 Å². The molecule has 1 aliphatic heterocycles. The normalized spacial score (nSPS) is 23.2. The van der Waals surface area contributed by atoms with E-state index in [-0.39, 0.29) is 12.5 Å². The summed E-state index contributed by atoms with van der Waals surface area (Å²) in [5.74, 6) is 0.628. The smallest absolute Gasteiger partial charge is 0.0525 e. The summed E-state index contributed by atoms with van der Waals surface area (Å²) in [6.45, 7) is 7.18. The van der Waals surface area contributed by atoms with Crippen LogP contribution in [0.4, 0.5) is 0 Å². The zero-order valence-electron chi connectivity index (χ0n) is 12.6. The maximum atomic E-state index is 9.68. The van der Waals surface area contributed by atoms with Crippen LogP contribution in [0, 0.1) is 5.92 Å². The molecule has 0 unspecified atom stereocenters. The van der Waals surface area contributed by atoms with Gasteiger partial charge >= 0.3 is 0 Å². The SMILES string of the molecule is CC(C)n1cc([C@@H]2CN(Cc3ccn[nH]3)C[C@H]2CO)cn1. The number of nitrogens with one attached hydrogen (secondary N) is 1. The van der Waals surface area contributed by atoms with Gasteiger partial charge in [-0.3, -0.25) is 14.7 Å². The molecule has 2 aromatic rings. The molecule has 6 nitrogen and oxygen atoms in total. The number of aromatic amines is 1. The molecule has 0 amide bonds. The van der Waals surface area contributed by atoms with Crippen molar-refractivity contribution < 1.29 is 5.11 Å². The second-order valence-electron chi connectivity index (χ2n) is 6.17. The summed E-state index contributed by atoms with van der Waals surface area (Å²) in [5.41, 5.74) is 2.35. The molecule has 21 heavy (non-hydrogen) atoms. The highest BCUT2D eigenvalue weighted by Crippen LogP contribution is 2.33. The average molecular weight is 289 g/mol. The molecule has 3 heterocycles. The lowest BCUT2D eigenvalue weighted by atomic mass is 9.92. The second kappa shape index (κ2) is 5.99. The van der Waals surface area contributed by atoms with E-state index in [4.69, 9.17) is 0 Å². The van der Waals surface area contributed by atoms with Gasteiger partial charge in [0.05, 0.1) is 6.20 Å². The van der Waals surface area contributed by atoms with E-state index in [1.807, 2.05) is 16.9 Å². The van der Waals surface area contributed by atoms with E-state index in [1.54, 1.807) is 6.20 Å². The molecule has 2 atom stereocenters. The largest absolute Gasteiger partial charge is 0.396 e. The Labute approximate surface area is 124 Å². The fourth-order valence-corrected chi connectivity index (χ4v) is 3.09. The van der Waals surface area contributed by atoms with Crippen LogP contribution in [0.2, 0.25) is 0 Å². The summed E-state index contributed by atoms with van der Waals surface area (Å²) in [6.07, 6.45) is 5.85. The number of H-pyrrole nitrogens is 1. The van der Waals surface area contributed by atoms with E-state index < -0.39 is 0 Å². The summed E-state index contributed by atoms with van der Waals surface area (Å²) in [5, 5.41) is 21.1. The summed E-state index contributed by atoms with van der Waals surface area (Å²) in [4.78, 5) is 2.37. The van der Waals surface area contributed by atoms with Crippen LogP contribution < -0.4 is 0 Å². The highest BCUT2D eigenvalue weighted by Gasteiger charge is 2.34. The number of likely N-dealkylation sites (tertiary alicyclic amines) is 1. The Morgan fingerprint density at radius 2 is 2.29 bits per heavy atom. The van der Waals surface area contributed by atoms with E-state index in [2.05, 4.69) is 40.2 Å². The molecular formula is C15H23N5O. The monoisotopic (exact) mass is 289 g/mol. The fraction of sp³-hybridized carbons (Fsp3) is 0.600. The highest BCUT2D eigenvalue weighted by molar-refractivity contribution is 5.17. The first-order valence-electron chi connectivity index (χ1n) is 7.53.